The van der Waals surface area contributed by atoms with Gasteiger partial charge in [-0.1, -0.05) is 0 Å². The topological polar surface area (TPSA) is 279 Å². The lowest BCUT2D eigenvalue weighted by molar-refractivity contribution is -0.141. The Morgan fingerprint density at radius 3 is 1.58 bits per heavy atom. The maximum atomic E-state index is 12.8. The number of aliphatic imine (C=N–C) groups is 2. The fourth-order valence-electron chi connectivity index (χ4n) is 2.53. The first kappa shape index (κ1) is 29.7. The van der Waals surface area contributed by atoms with E-state index in [4.69, 9.17) is 33.8 Å². The molecule has 3 atom stereocenters. The van der Waals surface area contributed by atoms with E-state index in [1.807, 2.05) is 0 Å². The molecule has 14 N–H and O–H groups in total. The number of guanidine groups is 2. The largest absolute Gasteiger partial charge is 0.480 e. The summed E-state index contributed by atoms with van der Waals surface area (Å²) in [5, 5.41) is 16.5. The Morgan fingerprint density at radius 1 is 0.788 bits per heavy atom. The van der Waals surface area contributed by atoms with Gasteiger partial charge in [-0.2, -0.15) is 12.6 Å². The average Bonchev–Trinajstić information content (AvgIpc) is 2.74. The number of aliphatic carboxylic acids is 1. The van der Waals surface area contributed by atoms with Gasteiger partial charge >= 0.3 is 5.97 Å². The summed E-state index contributed by atoms with van der Waals surface area (Å²) in [7, 11) is 0. The molecule has 0 aromatic heterocycles. The van der Waals surface area contributed by atoms with Crippen LogP contribution in [0.2, 0.25) is 0 Å². The molecule has 0 aliphatic rings. The van der Waals surface area contributed by atoms with Gasteiger partial charge in [-0.3, -0.25) is 24.4 Å². The molecule has 0 saturated carbocycles. The normalized spacial score (nSPS) is 13.0. The number of nitrogens with zero attached hydrogens (tertiary/aromatic N) is 2. The van der Waals surface area contributed by atoms with Crippen molar-refractivity contribution in [2.75, 3.05) is 25.4 Å². The predicted octanol–water partition coefficient (Wildman–Crippen LogP) is -4.48. The number of nitrogens with two attached hydrogens (primary N) is 5. The van der Waals surface area contributed by atoms with Gasteiger partial charge in [0.2, 0.25) is 17.7 Å². The second-order valence-electron chi connectivity index (χ2n) is 6.87. The lowest BCUT2D eigenvalue weighted by Gasteiger charge is -2.24. The first-order valence-electron chi connectivity index (χ1n) is 10.1. The van der Waals surface area contributed by atoms with Crippen LogP contribution in [0.5, 0.6) is 0 Å². The van der Waals surface area contributed by atoms with E-state index in [1.165, 1.54) is 0 Å². The molecule has 0 radical (unpaired) electrons. The lowest BCUT2D eigenvalue weighted by Crippen LogP contribution is -2.56. The van der Waals surface area contributed by atoms with Gasteiger partial charge in [0.25, 0.3) is 0 Å². The van der Waals surface area contributed by atoms with Crippen molar-refractivity contribution in [2.24, 2.45) is 38.7 Å². The lowest BCUT2D eigenvalue weighted by atomic mass is 10.1. The van der Waals surface area contributed by atoms with Crippen molar-refractivity contribution in [3.8, 4) is 0 Å². The van der Waals surface area contributed by atoms with Crippen LogP contribution in [-0.4, -0.2) is 84.2 Å². The van der Waals surface area contributed by atoms with Crippen molar-refractivity contribution in [3.05, 3.63) is 0 Å². The molecular formula is C17H34N10O5S. The van der Waals surface area contributed by atoms with E-state index in [0.717, 1.165) is 0 Å². The van der Waals surface area contributed by atoms with Crippen LogP contribution in [0.3, 0.4) is 0 Å². The minimum atomic E-state index is -1.28. The summed E-state index contributed by atoms with van der Waals surface area (Å²) >= 11 is 3.90. The number of carbonyl (C=O) groups is 4. The Balaban J connectivity index is 5.40. The zero-order valence-electron chi connectivity index (χ0n) is 18.2. The van der Waals surface area contributed by atoms with Crippen molar-refractivity contribution in [1.29, 1.82) is 0 Å². The van der Waals surface area contributed by atoms with Crippen LogP contribution in [0.1, 0.15) is 25.7 Å². The molecule has 0 fully saturated rings. The van der Waals surface area contributed by atoms with Gasteiger partial charge in [-0.15, -0.1) is 0 Å². The van der Waals surface area contributed by atoms with Crippen LogP contribution in [0.4, 0.5) is 0 Å². The number of nitrogens with one attached hydrogen (secondary N) is 3. The molecule has 0 spiro atoms. The minimum Gasteiger partial charge on any atom is -0.480 e. The van der Waals surface area contributed by atoms with Crippen molar-refractivity contribution in [1.82, 2.24) is 16.0 Å². The van der Waals surface area contributed by atoms with Gasteiger partial charge in [0.1, 0.15) is 18.1 Å². The third kappa shape index (κ3) is 13.7. The van der Waals surface area contributed by atoms with Gasteiger partial charge in [-0.25, -0.2) is 4.79 Å². The van der Waals surface area contributed by atoms with Crippen molar-refractivity contribution >= 4 is 48.2 Å². The summed E-state index contributed by atoms with van der Waals surface area (Å²) in [6, 6.07) is -3.41. The number of hydrogen-bond donors (Lipinski definition) is 10. The van der Waals surface area contributed by atoms with E-state index in [-0.39, 0.29) is 50.1 Å². The smallest absolute Gasteiger partial charge is 0.327 e. The highest BCUT2D eigenvalue weighted by atomic mass is 32.1. The average molecular weight is 491 g/mol. The minimum absolute atomic E-state index is 0.0961. The van der Waals surface area contributed by atoms with Crippen LogP contribution in [-0.2, 0) is 19.2 Å². The SMILES string of the molecule is NCC(=O)NC(CCCN=C(N)N)C(=O)NC(CCCN=C(N)N)C(=O)NC(CS)C(=O)O. The van der Waals surface area contributed by atoms with Crippen LogP contribution in [0.15, 0.2) is 9.98 Å². The first-order chi connectivity index (χ1) is 15.5. The van der Waals surface area contributed by atoms with E-state index in [9.17, 15) is 19.2 Å². The number of carbonyl (C=O) groups excluding carboxylic acids is 3. The fraction of sp³-hybridized carbons (Fsp3) is 0.647. The highest BCUT2D eigenvalue weighted by Crippen LogP contribution is 2.04. The summed E-state index contributed by atoms with van der Waals surface area (Å²) in [4.78, 5) is 56.1. The van der Waals surface area contributed by atoms with E-state index in [2.05, 4.69) is 38.6 Å². The molecule has 0 heterocycles. The highest BCUT2D eigenvalue weighted by Gasteiger charge is 2.28. The summed E-state index contributed by atoms with van der Waals surface area (Å²) < 4.78 is 0. The van der Waals surface area contributed by atoms with Crippen molar-refractivity contribution in [2.45, 2.75) is 43.8 Å². The van der Waals surface area contributed by atoms with Crippen molar-refractivity contribution < 1.29 is 24.3 Å². The molecule has 0 aromatic carbocycles. The predicted molar refractivity (Wildman–Crippen MR) is 126 cm³/mol. The van der Waals surface area contributed by atoms with Gasteiger partial charge in [0.15, 0.2) is 11.9 Å². The molecular weight excluding hydrogens is 456 g/mol. The van der Waals surface area contributed by atoms with Gasteiger partial charge in [0.05, 0.1) is 6.54 Å². The Morgan fingerprint density at radius 2 is 1.21 bits per heavy atom. The zero-order valence-corrected chi connectivity index (χ0v) is 19.1. The van der Waals surface area contributed by atoms with E-state index < -0.39 is 41.8 Å². The number of carboxylic acids is 1. The second kappa shape index (κ2) is 16.4. The maximum absolute atomic E-state index is 12.8. The molecule has 3 unspecified atom stereocenters. The fourth-order valence-corrected chi connectivity index (χ4v) is 2.78. The van der Waals surface area contributed by atoms with E-state index >= 15 is 0 Å². The summed E-state index contributed by atoms with van der Waals surface area (Å²) in [6.07, 6.45) is 0.909. The van der Waals surface area contributed by atoms with Gasteiger partial charge < -0.3 is 49.7 Å². The Hall–Kier alpha value is -3.27. The van der Waals surface area contributed by atoms with Crippen LogP contribution in [0, 0.1) is 0 Å². The zero-order chi connectivity index (χ0) is 25.4. The maximum Gasteiger partial charge on any atom is 0.327 e. The van der Waals surface area contributed by atoms with E-state index in [1.54, 1.807) is 0 Å². The van der Waals surface area contributed by atoms with Gasteiger partial charge in [-0.05, 0) is 25.7 Å². The molecule has 15 nitrogen and oxygen atoms in total. The Labute approximate surface area is 196 Å². The highest BCUT2D eigenvalue weighted by molar-refractivity contribution is 7.80. The molecule has 3 amide bonds. The number of hydrogen-bond acceptors (Lipinski definition) is 8. The second-order valence-corrected chi connectivity index (χ2v) is 7.23. The quantitative estimate of drug-likeness (QED) is 0.0428. The van der Waals surface area contributed by atoms with Gasteiger partial charge in [0, 0.05) is 18.8 Å². The van der Waals surface area contributed by atoms with Crippen LogP contribution >= 0.6 is 12.6 Å². The molecule has 0 bridgehead atoms. The number of carboxylic acid groups (broad SMARTS) is 1. The standard InChI is InChI=1S/C17H34N10O5S/c18-7-12(28)25-9(3-1-5-23-16(19)20)13(29)26-10(4-2-6-24-17(21)22)14(30)27-11(8-33)15(31)32/h9-11,33H,1-8,18H2,(H,25,28)(H,26,29)(H,27,30)(H,31,32)(H4,19,20,23)(H4,21,22,24). The molecule has 188 valence electrons. The molecule has 16 heteroatoms. The molecule has 33 heavy (non-hydrogen) atoms. The summed E-state index contributed by atoms with van der Waals surface area (Å²) in [5.41, 5.74) is 26.4. The van der Waals surface area contributed by atoms with Crippen LogP contribution < -0.4 is 44.6 Å². The molecule has 0 aromatic rings. The van der Waals surface area contributed by atoms with E-state index in [0.29, 0.717) is 12.8 Å². The van der Waals surface area contributed by atoms with Crippen LogP contribution in [0.25, 0.3) is 0 Å². The molecule has 0 aliphatic carbocycles. The molecule has 0 rings (SSSR count). The number of amides is 3. The molecule has 0 aliphatic heterocycles. The summed E-state index contributed by atoms with van der Waals surface area (Å²) in [5.74, 6) is -3.66. The third-order valence-corrected chi connectivity index (χ3v) is 4.52. The Kier molecular flexibility index (Phi) is 14.8. The Bertz CT molecular complexity index is 725. The first-order valence-corrected chi connectivity index (χ1v) is 10.7. The van der Waals surface area contributed by atoms with Crippen molar-refractivity contribution in [3.63, 3.8) is 0 Å². The number of rotatable bonds is 16. The number of thiol groups is 1. The molecule has 0 saturated heterocycles. The third-order valence-electron chi connectivity index (χ3n) is 4.16. The summed E-state index contributed by atoms with van der Waals surface area (Å²) in [6.45, 7) is 0.0559. The monoisotopic (exact) mass is 490 g/mol.